The minimum Gasteiger partial charge on any atom is -0.394 e. The van der Waals surface area contributed by atoms with Crippen LogP contribution in [0.2, 0.25) is 0 Å². The molecule has 0 aliphatic rings. The summed E-state index contributed by atoms with van der Waals surface area (Å²) in [6.07, 6.45) is 4.02. The van der Waals surface area contributed by atoms with Crippen molar-refractivity contribution in [2.24, 2.45) is 0 Å². The standard InChI is InChI=1S/C13H19N3O5S2/c1-8-10(12(19)16-13(20)14-8)3-4-11(18)15-9(5-17)6-22-7-23(2)21/h3-4,9,17H,5-7H2,1-2H3,(H,15,18)(H2,14,16,19,20)/b4-3+/t9-,23?/m1/s1. The van der Waals surface area contributed by atoms with Crippen LogP contribution in [-0.2, 0) is 15.6 Å². The van der Waals surface area contributed by atoms with Gasteiger partial charge in [-0.05, 0) is 13.0 Å². The van der Waals surface area contributed by atoms with Crippen molar-refractivity contribution >= 4 is 34.5 Å². The van der Waals surface area contributed by atoms with Gasteiger partial charge in [-0.1, -0.05) is 0 Å². The second kappa shape index (κ2) is 9.48. The van der Waals surface area contributed by atoms with Gasteiger partial charge in [0, 0.05) is 34.6 Å². The van der Waals surface area contributed by atoms with Gasteiger partial charge in [0.25, 0.3) is 5.56 Å². The molecular weight excluding hydrogens is 342 g/mol. The number of aryl methyl sites for hydroxylation is 1. The largest absolute Gasteiger partial charge is 0.394 e. The van der Waals surface area contributed by atoms with Crippen molar-refractivity contribution in [3.05, 3.63) is 38.2 Å². The van der Waals surface area contributed by atoms with Crippen molar-refractivity contribution in [1.82, 2.24) is 15.3 Å². The van der Waals surface area contributed by atoms with Crippen LogP contribution in [0, 0.1) is 6.92 Å². The maximum Gasteiger partial charge on any atom is 0.325 e. The van der Waals surface area contributed by atoms with E-state index in [-0.39, 0.29) is 12.2 Å². The molecule has 4 N–H and O–H groups in total. The number of hydrogen-bond donors (Lipinski definition) is 4. The molecular formula is C13H19N3O5S2. The number of nitrogens with one attached hydrogen (secondary N) is 3. The number of aromatic nitrogens is 2. The molecule has 0 saturated carbocycles. The summed E-state index contributed by atoms with van der Waals surface area (Å²) in [5, 5.41) is 12.2. The van der Waals surface area contributed by atoms with Gasteiger partial charge in [0.05, 0.1) is 23.3 Å². The Kier molecular flexibility index (Phi) is 8.00. The second-order valence-electron chi connectivity index (χ2n) is 4.73. The minimum absolute atomic E-state index is 0.177. The molecule has 8 nitrogen and oxygen atoms in total. The van der Waals surface area contributed by atoms with Crippen LogP contribution >= 0.6 is 11.8 Å². The third-order valence-electron chi connectivity index (χ3n) is 2.71. The zero-order valence-electron chi connectivity index (χ0n) is 12.8. The van der Waals surface area contributed by atoms with Crippen LogP contribution in [0.25, 0.3) is 6.08 Å². The number of aromatic amines is 2. The highest BCUT2D eigenvalue weighted by molar-refractivity contribution is 8.10. The summed E-state index contributed by atoms with van der Waals surface area (Å²) in [7, 11) is -0.945. The van der Waals surface area contributed by atoms with E-state index in [1.165, 1.54) is 17.8 Å². The van der Waals surface area contributed by atoms with E-state index in [0.717, 1.165) is 6.08 Å². The third kappa shape index (κ3) is 6.97. The van der Waals surface area contributed by atoms with E-state index in [2.05, 4.69) is 15.3 Å². The molecule has 0 aliphatic heterocycles. The molecule has 1 heterocycles. The van der Waals surface area contributed by atoms with Crippen LogP contribution in [0.15, 0.2) is 15.7 Å². The molecule has 0 bridgehead atoms. The lowest BCUT2D eigenvalue weighted by Crippen LogP contribution is -2.38. The highest BCUT2D eigenvalue weighted by Gasteiger charge is 2.10. The van der Waals surface area contributed by atoms with Crippen molar-refractivity contribution in [3.63, 3.8) is 0 Å². The van der Waals surface area contributed by atoms with Gasteiger partial charge in [0.2, 0.25) is 5.91 Å². The van der Waals surface area contributed by atoms with Crippen LogP contribution in [0.1, 0.15) is 11.3 Å². The summed E-state index contributed by atoms with van der Waals surface area (Å²) < 4.78 is 11.0. The van der Waals surface area contributed by atoms with Gasteiger partial charge in [0.15, 0.2) is 0 Å². The second-order valence-corrected chi connectivity index (χ2v) is 7.56. The molecule has 0 saturated heterocycles. The first kappa shape index (κ1) is 19.4. The maximum atomic E-state index is 11.8. The Morgan fingerprint density at radius 2 is 2.13 bits per heavy atom. The van der Waals surface area contributed by atoms with Gasteiger partial charge < -0.3 is 15.4 Å². The summed E-state index contributed by atoms with van der Waals surface area (Å²) in [6.45, 7) is 1.30. The van der Waals surface area contributed by atoms with Gasteiger partial charge in [0.1, 0.15) is 0 Å². The molecule has 1 unspecified atom stereocenters. The van der Waals surface area contributed by atoms with E-state index >= 15 is 0 Å². The van der Waals surface area contributed by atoms with Gasteiger partial charge in [-0.25, -0.2) is 4.79 Å². The molecule has 1 amide bonds. The van der Waals surface area contributed by atoms with E-state index in [0.29, 0.717) is 16.5 Å². The van der Waals surface area contributed by atoms with Crippen molar-refractivity contribution in [2.45, 2.75) is 13.0 Å². The van der Waals surface area contributed by atoms with Crippen LogP contribution < -0.4 is 16.6 Å². The lowest BCUT2D eigenvalue weighted by Gasteiger charge is -2.14. The fraction of sp³-hybridized carbons (Fsp3) is 0.462. The molecule has 1 aromatic rings. The molecule has 0 radical (unpaired) electrons. The molecule has 23 heavy (non-hydrogen) atoms. The SMILES string of the molecule is Cc1[nH]c(=O)[nH]c(=O)c1/C=C/C(=O)N[C@H](CO)CSCS(C)=O. The lowest BCUT2D eigenvalue weighted by atomic mass is 10.2. The van der Waals surface area contributed by atoms with Gasteiger partial charge in [-0.2, -0.15) is 0 Å². The molecule has 0 spiro atoms. The normalized spacial score (nSPS) is 13.9. The summed E-state index contributed by atoms with van der Waals surface area (Å²) in [5.41, 5.74) is -0.673. The Morgan fingerprint density at radius 3 is 2.70 bits per heavy atom. The Balaban J connectivity index is 2.66. The molecule has 0 aromatic carbocycles. The number of thioether (sulfide) groups is 1. The number of rotatable bonds is 8. The van der Waals surface area contributed by atoms with Crippen LogP contribution in [-0.4, -0.2) is 54.9 Å². The van der Waals surface area contributed by atoms with Crippen LogP contribution in [0.5, 0.6) is 0 Å². The van der Waals surface area contributed by atoms with Crippen molar-refractivity contribution < 1.29 is 14.1 Å². The topological polar surface area (TPSA) is 132 Å². The molecule has 2 atom stereocenters. The Hall–Kier alpha value is -1.65. The van der Waals surface area contributed by atoms with Gasteiger partial charge in [-0.3, -0.25) is 18.8 Å². The highest BCUT2D eigenvalue weighted by atomic mass is 32.2. The average Bonchev–Trinajstić information content (AvgIpc) is 2.44. The molecule has 10 heteroatoms. The van der Waals surface area contributed by atoms with Gasteiger partial charge in [-0.15, -0.1) is 11.8 Å². The maximum absolute atomic E-state index is 11.8. The third-order valence-corrected chi connectivity index (χ3v) is 5.35. The zero-order valence-corrected chi connectivity index (χ0v) is 14.4. The molecule has 1 aromatic heterocycles. The summed E-state index contributed by atoms with van der Waals surface area (Å²) in [5.74, 6) is -0.0548. The Labute approximate surface area is 139 Å². The number of H-pyrrole nitrogens is 2. The summed E-state index contributed by atoms with van der Waals surface area (Å²) >= 11 is 1.36. The monoisotopic (exact) mass is 361 g/mol. The van der Waals surface area contributed by atoms with E-state index in [4.69, 9.17) is 0 Å². The van der Waals surface area contributed by atoms with E-state index in [1.54, 1.807) is 13.2 Å². The van der Waals surface area contributed by atoms with E-state index < -0.39 is 34.0 Å². The predicted molar refractivity (Wildman–Crippen MR) is 91.9 cm³/mol. The van der Waals surface area contributed by atoms with Crippen LogP contribution in [0.4, 0.5) is 0 Å². The first-order valence-corrected chi connectivity index (χ1v) is 9.52. The van der Waals surface area contributed by atoms with E-state index in [1.807, 2.05) is 0 Å². The minimum atomic E-state index is -0.945. The number of hydrogen-bond acceptors (Lipinski definition) is 6. The van der Waals surface area contributed by atoms with Crippen LogP contribution in [0.3, 0.4) is 0 Å². The first-order valence-electron chi connectivity index (χ1n) is 6.64. The van der Waals surface area contributed by atoms with Crippen molar-refractivity contribution in [2.75, 3.05) is 23.7 Å². The number of aliphatic hydroxyl groups is 1. The highest BCUT2D eigenvalue weighted by Crippen LogP contribution is 2.04. The number of carbonyl (C=O) groups excluding carboxylic acids is 1. The number of carbonyl (C=O) groups is 1. The van der Waals surface area contributed by atoms with Crippen molar-refractivity contribution in [3.8, 4) is 0 Å². The first-order chi connectivity index (χ1) is 10.8. The van der Waals surface area contributed by atoms with Crippen molar-refractivity contribution in [1.29, 1.82) is 0 Å². The van der Waals surface area contributed by atoms with E-state index in [9.17, 15) is 23.7 Å². The summed E-state index contributed by atoms with van der Waals surface area (Å²) in [6, 6.07) is -0.476. The predicted octanol–water partition coefficient (Wildman–Crippen LogP) is -1.07. The fourth-order valence-corrected chi connectivity index (χ4v) is 3.46. The Bertz CT molecular complexity index is 710. The average molecular weight is 361 g/mol. The smallest absolute Gasteiger partial charge is 0.325 e. The van der Waals surface area contributed by atoms with Gasteiger partial charge >= 0.3 is 5.69 Å². The molecule has 0 fully saturated rings. The lowest BCUT2D eigenvalue weighted by molar-refractivity contribution is -0.117. The Morgan fingerprint density at radius 1 is 1.43 bits per heavy atom. The molecule has 1 rings (SSSR count). The quantitative estimate of drug-likeness (QED) is 0.436. The number of aliphatic hydroxyl groups excluding tert-OH is 1. The fourth-order valence-electron chi connectivity index (χ4n) is 1.67. The zero-order chi connectivity index (χ0) is 17.4. The summed E-state index contributed by atoms with van der Waals surface area (Å²) in [4.78, 5) is 39.0. The number of amides is 1. The molecule has 0 aliphatic carbocycles. The molecule has 128 valence electrons.